The molecule has 0 radical (unpaired) electrons. The molecule has 14 heavy (non-hydrogen) atoms. The molecule has 0 aliphatic carbocycles. The van der Waals surface area contributed by atoms with Gasteiger partial charge >= 0.3 is 0 Å². The number of hydrogen-bond donors (Lipinski definition) is 2. The fraction of sp³-hybridized carbons (Fsp3) is 0.833. The van der Waals surface area contributed by atoms with Crippen LogP contribution in [0.4, 0.5) is 0 Å². The Labute approximate surface area is 87.7 Å². The molecular formula is C12H24O2. The van der Waals surface area contributed by atoms with Gasteiger partial charge in [0.25, 0.3) is 0 Å². The largest absolute Gasteiger partial charge is 0.390 e. The third kappa shape index (κ3) is 4.25. The fourth-order valence-electron chi connectivity index (χ4n) is 1.77. The van der Waals surface area contributed by atoms with Crippen molar-refractivity contribution < 1.29 is 10.2 Å². The maximum atomic E-state index is 10.2. The maximum Gasteiger partial charge on any atom is 0.0908 e. The second-order valence-electron chi connectivity index (χ2n) is 3.89. The van der Waals surface area contributed by atoms with Crippen molar-refractivity contribution in [2.24, 2.45) is 0 Å². The highest BCUT2D eigenvalue weighted by molar-refractivity contribution is 4.89. The van der Waals surface area contributed by atoms with E-state index >= 15 is 0 Å². The molecule has 0 saturated carbocycles. The van der Waals surface area contributed by atoms with Gasteiger partial charge in [-0.05, 0) is 32.6 Å². The highest BCUT2D eigenvalue weighted by atomic mass is 16.3. The van der Waals surface area contributed by atoms with Crippen molar-refractivity contribution in [3.63, 3.8) is 0 Å². The van der Waals surface area contributed by atoms with Crippen molar-refractivity contribution in [2.45, 2.75) is 64.6 Å². The second kappa shape index (κ2) is 7.02. The summed E-state index contributed by atoms with van der Waals surface area (Å²) in [5.74, 6) is 0. The Bertz CT molecular complexity index is 166. The van der Waals surface area contributed by atoms with Crippen LogP contribution in [-0.2, 0) is 0 Å². The quantitative estimate of drug-likeness (QED) is 0.620. The first kappa shape index (κ1) is 13.7. The smallest absolute Gasteiger partial charge is 0.0908 e. The van der Waals surface area contributed by atoms with E-state index in [0.29, 0.717) is 19.3 Å². The number of rotatable bonds is 7. The van der Waals surface area contributed by atoms with E-state index in [0.717, 1.165) is 12.8 Å². The van der Waals surface area contributed by atoms with E-state index in [4.69, 9.17) is 0 Å². The minimum atomic E-state index is -0.886. The molecule has 0 fully saturated rings. The van der Waals surface area contributed by atoms with Crippen LogP contribution in [0.2, 0.25) is 0 Å². The summed E-state index contributed by atoms with van der Waals surface area (Å²) < 4.78 is 0. The zero-order valence-electron chi connectivity index (χ0n) is 9.66. The summed E-state index contributed by atoms with van der Waals surface area (Å²) in [6, 6.07) is 0. The van der Waals surface area contributed by atoms with Crippen LogP contribution in [0.5, 0.6) is 0 Å². The first-order valence-corrected chi connectivity index (χ1v) is 5.62. The van der Waals surface area contributed by atoms with Gasteiger partial charge in [-0.2, -0.15) is 0 Å². The van der Waals surface area contributed by atoms with E-state index in [1.807, 2.05) is 32.9 Å². The second-order valence-corrected chi connectivity index (χ2v) is 3.89. The summed E-state index contributed by atoms with van der Waals surface area (Å²) >= 11 is 0. The normalized spacial score (nSPS) is 18.4. The maximum absolute atomic E-state index is 10.2. The van der Waals surface area contributed by atoms with Crippen molar-refractivity contribution in [1.29, 1.82) is 0 Å². The Kier molecular flexibility index (Phi) is 6.85. The molecule has 0 aromatic carbocycles. The summed E-state index contributed by atoms with van der Waals surface area (Å²) in [4.78, 5) is 0. The number of aliphatic hydroxyl groups excluding tert-OH is 1. The van der Waals surface area contributed by atoms with Crippen LogP contribution in [0, 0.1) is 0 Å². The Morgan fingerprint density at radius 2 is 1.93 bits per heavy atom. The average molecular weight is 200 g/mol. The van der Waals surface area contributed by atoms with Crippen molar-refractivity contribution in [3.8, 4) is 0 Å². The number of hydrogen-bond acceptors (Lipinski definition) is 2. The Morgan fingerprint density at radius 1 is 1.29 bits per heavy atom. The molecule has 0 spiro atoms. The monoisotopic (exact) mass is 200 g/mol. The molecule has 84 valence electrons. The van der Waals surface area contributed by atoms with Gasteiger partial charge in [0, 0.05) is 0 Å². The minimum Gasteiger partial charge on any atom is -0.390 e. The van der Waals surface area contributed by atoms with Crippen LogP contribution in [0.1, 0.15) is 52.9 Å². The molecule has 2 heteroatoms. The third-order valence-corrected chi connectivity index (χ3v) is 2.67. The lowest BCUT2D eigenvalue weighted by molar-refractivity contribution is -0.0865. The molecular weight excluding hydrogens is 176 g/mol. The lowest BCUT2D eigenvalue weighted by Crippen LogP contribution is -2.41. The fourth-order valence-corrected chi connectivity index (χ4v) is 1.77. The molecule has 0 bridgehead atoms. The van der Waals surface area contributed by atoms with Crippen molar-refractivity contribution >= 4 is 0 Å². The van der Waals surface area contributed by atoms with Gasteiger partial charge < -0.3 is 10.2 Å². The zero-order chi connectivity index (χ0) is 11.0. The van der Waals surface area contributed by atoms with Gasteiger partial charge in [-0.25, -0.2) is 0 Å². The number of allylic oxidation sites excluding steroid dienone is 2. The van der Waals surface area contributed by atoms with Gasteiger partial charge in [0.2, 0.25) is 0 Å². The van der Waals surface area contributed by atoms with E-state index < -0.39 is 11.7 Å². The summed E-state index contributed by atoms with van der Waals surface area (Å²) in [5.41, 5.74) is -0.886. The SMILES string of the molecule is CC=CCCC(O)(CCC)C(O)CC. The lowest BCUT2D eigenvalue weighted by Gasteiger charge is -2.32. The van der Waals surface area contributed by atoms with E-state index in [-0.39, 0.29) is 0 Å². The molecule has 2 nitrogen and oxygen atoms in total. The van der Waals surface area contributed by atoms with Gasteiger partial charge in [0.05, 0.1) is 11.7 Å². The predicted molar refractivity (Wildman–Crippen MR) is 60.2 cm³/mol. The Balaban J connectivity index is 4.22. The standard InChI is InChI=1S/C12H24O2/c1-4-7-8-10-12(14,9-5-2)11(13)6-3/h4,7,11,13-14H,5-6,8-10H2,1-3H3. The molecule has 0 aliphatic rings. The van der Waals surface area contributed by atoms with Crippen LogP contribution in [0.15, 0.2) is 12.2 Å². The highest BCUT2D eigenvalue weighted by Crippen LogP contribution is 2.25. The van der Waals surface area contributed by atoms with Crippen LogP contribution in [-0.4, -0.2) is 21.9 Å². The third-order valence-electron chi connectivity index (χ3n) is 2.67. The molecule has 0 rings (SSSR count). The number of aliphatic hydroxyl groups is 2. The summed E-state index contributed by atoms with van der Waals surface area (Å²) in [6.45, 7) is 5.90. The molecule has 0 aromatic rings. The average Bonchev–Trinajstić information content (AvgIpc) is 2.17. The summed E-state index contributed by atoms with van der Waals surface area (Å²) in [7, 11) is 0. The molecule has 0 saturated heterocycles. The summed E-state index contributed by atoms with van der Waals surface area (Å²) in [6.07, 6.45) is 7.11. The van der Waals surface area contributed by atoms with Crippen molar-refractivity contribution in [2.75, 3.05) is 0 Å². The first-order valence-electron chi connectivity index (χ1n) is 5.62. The molecule has 0 aliphatic heterocycles. The van der Waals surface area contributed by atoms with E-state index in [1.54, 1.807) is 0 Å². The van der Waals surface area contributed by atoms with Gasteiger partial charge in [-0.15, -0.1) is 0 Å². The molecule has 2 N–H and O–H groups in total. The van der Waals surface area contributed by atoms with Gasteiger partial charge in [0.1, 0.15) is 0 Å². The predicted octanol–water partition coefficient (Wildman–Crippen LogP) is 2.64. The first-order chi connectivity index (χ1) is 6.60. The van der Waals surface area contributed by atoms with Crippen LogP contribution in [0.25, 0.3) is 0 Å². The van der Waals surface area contributed by atoms with Gasteiger partial charge in [-0.1, -0.05) is 32.4 Å². The molecule has 2 atom stereocenters. The molecule has 2 unspecified atom stereocenters. The van der Waals surface area contributed by atoms with Gasteiger partial charge in [-0.3, -0.25) is 0 Å². The zero-order valence-corrected chi connectivity index (χ0v) is 9.66. The highest BCUT2D eigenvalue weighted by Gasteiger charge is 2.32. The van der Waals surface area contributed by atoms with Gasteiger partial charge in [0.15, 0.2) is 0 Å². The van der Waals surface area contributed by atoms with Crippen molar-refractivity contribution in [1.82, 2.24) is 0 Å². The van der Waals surface area contributed by atoms with E-state index in [2.05, 4.69) is 0 Å². The summed E-state index contributed by atoms with van der Waals surface area (Å²) in [5, 5.41) is 20.0. The van der Waals surface area contributed by atoms with Crippen molar-refractivity contribution in [3.05, 3.63) is 12.2 Å². The van der Waals surface area contributed by atoms with Crippen LogP contribution >= 0.6 is 0 Å². The van der Waals surface area contributed by atoms with Crippen LogP contribution < -0.4 is 0 Å². The Morgan fingerprint density at radius 3 is 2.36 bits per heavy atom. The van der Waals surface area contributed by atoms with E-state index in [9.17, 15) is 10.2 Å². The molecule has 0 heterocycles. The molecule has 0 aromatic heterocycles. The Hall–Kier alpha value is -0.340. The van der Waals surface area contributed by atoms with E-state index in [1.165, 1.54) is 0 Å². The topological polar surface area (TPSA) is 40.5 Å². The molecule has 0 amide bonds. The van der Waals surface area contributed by atoms with Crippen LogP contribution in [0.3, 0.4) is 0 Å². The minimum absolute atomic E-state index is 0.590. The lowest BCUT2D eigenvalue weighted by atomic mass is 9.85.